The fourth-order valence-electron chi connectivity index (χ4n) is 1.42. The molecule has 0 aromatic heterocycles. The molecule has 0 aliphatic heterocycles. The van der Waals surface area contributed by atoms with E-state index in [-0.39, 0.29) is 18.5 Å². The Kier molecular flexibility index (Phi) is 5.38. The summed E-state index contributed by atoms with van der Waals surface area (Å²) < 4.78 is 14.2. The van der Waals surface area contributed by atoms with Crippen molar-refractivity contribution >= 4 is 15.9 Å². The van der Waals surface area contributed by atoms with Crippen LogP contribution in [0.2, 0.25) is 0 Å². The lowest BCUT2D eigenvalue weighted by molar-refractivity contribution is 0.209. The van der Waals surface area contributed by atoms with Crippen molar-refractivity contribution in [3.63, 3.8) is 0 Å². The molecule has 2 N–H and O–H groups in total. The predicted molar refractivity (Wildman–Crippen MR) is 66.7 cm³/mol. The Morgan fingerprint density at radius 1 is 1.44 bits per heavy atom. The third kappa shape index (κ3) is 3.85. The molecule has 0 aliphatic rings. The summed E-state index contributed by atoms with van der Waals surface area (Å²) in [7, 11) is 0. The maximum absolute atomic E-state index is 13.5. The van der Waals surface area contributed by atoms with Gasteiger partial charge in [-0.3, -0.25) is 0 Å². The molecule has 0 fully saturated rings. The third-order valence-corrected chi connectivity index (χ3v) is 3.06. The molecular weight excluding hydrogens is 273 g/mol. The van der Waals surface area contributed by atoms with Gasteiger partial charge < -0.3 is 10.4 Å². The molecule has 90 valence electrons. The van der Waals surface area contributed by atoms with Crippen molar-refractivity contribution in [3.8, 4) is 0 Å². The van der Waals surface area contributed by atoms with Crippen molar-refractivity contribution in [3.05, 3.63) is 34.1 Å². The van der Waals surface area contributed by atoms with E-state index in [2.05, 4.69) is 21.2 Å². The second kappa shape index (κ2) is 6.33. The molecule has 2 nitrogen and oxygen atoms in total. The number of hydrogen-bond acceptors (Lipinski definition) is 2. The Morgan fingerprint density at radius 2 is 2.12 bits per heavy atom. The van der Waals surface area contributed by atoms with Crippen LogP contribution in [-0.4, -0.2) is 17.8 Å². The fourth-order valence-corrected chi connectivity index (χ4v) is 1.75. The minimum Gasteiger partial charge on any atom is -0.395 e. The molecule has 0 heterocycles. The van der Waals surface area contributed by atoms with Gasteiger partial charge in [0.25, 0.3) is 0 Å². The van der Waals surface area contributed by atoms with Crippen LogP contribution in [0.15, 0.2) is 22.7 Å². The van der Waals surface area contributed by atoms with Crippen LogP contribution in [0.1, 0.15) is 19.4 Å². The number of aliphatic hydroxyl groups excluding tert-OH is 1. The summed E-state index contributed by atoms with van der Waals surface area (Å²) in [6.45, 7) is 4.54. The van der Waals surface area contributed by atoms with Gasteiger partial charge in [0, 0.05) is 22.6 Å². The second-order valence-corrected chi connectivity index (χ2v) is 5.07. The van der Waals surface area contributed by atoms with Crippen molar-refractivity contribution in [2.24, 2.45) is 5.92 Å². The molecule has 4 heteroatoms. The van der Waals surface area contributed by atoms with Gasteiger partial charge in [-0.1, -0.05) is 35.8 Å². The first-order chi connectivity index (χ1) is 7.54. The van der Waals surface area contributed by atoms with Crippen molar-refractivity contribution in [2.45, 2.75) is 26.4 Å². The first-order valence-electron chi connectivity index (χ1n) is 5.32. The summed E-state index contributed by atoms with van der Waals surface area (Å²) in [5.41, 5.74) is 0.613. The minimum absolute atomic E-state index is 0.00282. The van der Waals surface area contributed by atoms with Crippen LogP contribution < -0.4 is 5.32 Å². The molecule has 0 radical (unpaired) electrons. The average Bonchev–Trinajstić information content (AvgIpc) is 2.21. The van der Waals surface area contributed by atoms with Crippen molar-refractivity contribution in [2.75, 3.05) is 6.61 Å². The first-order valence-corrected chi connectivity index (χ1v) is 6.12. The molecule has 1 atom stereocenters. The average molecular weight is 290 g/mol. The van der Waals surface area contributed by atoms with Gasteiger partial charge in [0.05, 0.1) is 6.61 Å². The SMILES string of the molecule is CC(C)[C@@H](CO)NCc1ccc(Br)cc1F. The Labute approximate surface area is 104 Å². The van der Waals surface area contributed by atoms with Gasteiger partial charge in [0.1, 0.15) is 5.82 Å². The zero-order chi connectivity index (χ0) is 12.1. The molecule has 0 amide bonds. The molecule has 1 aromatic rings. The zero-order valence-corrected chi connectivity index (χ0v) is 11.1. The van der Waals surface area contributed by atoms with E-state index >= 15 is 0 Å². The van der Waals surface area contributed by atoms with E-state index in [1.165, 1.54) is 6.07 Å². The third-order valence-electron chi connectivity index (χ3n) is 2.57. The molecule has 1 rings (SSSR count). The van der Waals surface area contributed by atoms with Gasteiger partial charge in [-0.25, -0.2) is 4.39 Å². The summed E-state index contributed by atoms with van der Waals surface area (Å²) in [5, 5.41) is 12.3. The van der Waals surface area contributed by atoms with Crippen molar-refractivity contribution in [1.29, 1.82) is 0 Å². The maximum Gasteiger partial charge on any atom is 0.128 e. The summed E-state index contributed by atoms with van der Waals surface area (Å²) >= 11 is 3.21. The molecule has 0 bridgehead atoms. The smallest absolute Gasteiger partial charge is 0.128 e. The van der Waals surface area contributed by atoms with Gasteiger partial charge in [-0.05, 0) is 18.1 Å². The van der Waals surface area contributed by atoms with Crippen LogP contribution in [0.3, 0.4) is 0 Å². The molecule has 0 saturated heterocycles. The van der Waals surface area contributed by atoms with Gasteiger partial charge in [-0.15, -0.1) is 0 Å². The van der Waals surface area contributed by atoms with Gasteiger partial charge in [0.2, 0.25) is 0 Å². The van der Waals surface area contributed by atoms with E-state index in [0.717, 1.165) is 4.47 Å². The number of rotatable bonds is 5. The van der Waals surface area contributed by atoms with Crippen LogP contribution in [0.4, 0.5) is 4.39 Å². The Hall–Kier alpha value is -0.450. The van der Waals surface area contributed by atoms with Gasteiger partial charge in [0.15, 0.2) is 0 Å². The van der Waals surface area contributed by atoms with Crippen LogP contribution >= 0.6 is 15.9 Å². The molecule has 16 heavy (non-hydrogen) atoms. The highest BCUT2D eigenvalue weighted by atomic mass is 79.9. The summed E-state index contributed by atoms with van der Waals surface area (Å²) in [5.74, 6) is 0.0887. The van der Waals surface area contributed by atoms with Crippen LogP contribution in [-0.2, 0) is 6.54 Å². The van der Waals surface area contributed by atoms with Crippen molar-refractivity contribution in [1.82, 2.24) is 5.32 Å². The lowest BCUT2D eigenvalue weighted by Gasteiger charge is -2.20. The number of benzene rings is 1. The van der Waals surface area contributed by atoms with E-state index in [1.54, 1.807) is 6.07 Å². The number of nitrogens with one attached hydrogen (secondary N) is 1. The Morgan fingerprint density at radius 3 is 2.62 bits per heavy atom. The van der Waals surface area contributed by atoms with E-state index < -0.39 is 0 Å². The highest BCUT2D eigenvalue weighted by Crippen LogP contribution is 2.15. The van der Waals surface area contributed by atoms with Crippen LogP contribution in [0.25, 0.3) is 0 Å². The standard InChI is InChI=1S/C12H17BrFNO/c1-8(2)12(7-16)15-6-9-3-4-10(13)5-11(9)14/h3-5,8,12,15-16H,6-7H2,1-2H3/t12-/m1/s1. The minimum atomic E-state index is -0.234. The maximum atomic E-state index is 13.5. The molecule has 0 unspecified atom stereocenters. The fraction of sp³-hybridized carbons (Fsp3) is 0.500. The highest BCUT2D eigenvalue weighted by molar-refractivity contribution is 9.10. The highest BCUT2D eigenvalue weighted by Gasteiger charge is 2.12. The molecule has 1 aromatic carbocycles. The number of halogens is 2. The van der Waals surface area contributed by atoms with Gasteiger partial charge >= 0.3 is 0 Å². The lowest BCUT2D eigenvalue weighted by atomic mass is 10.1. The number of hydrogen-bond donors (Lipinski definition) is 2. The van der Waals surface area contributed by atoms with Crippen LogP contribution in [0.5, 0.6) is 0 Å². The normalized spacial score (nSPS) is 13.1. The largest absolute Gasteiger partial charge is 0.395 e. The molecule has 0 saturated carbocycles. The predicted octanol–water partition coefficient (Wildman–Crippen LogP) is 2.69. The topological polar surface area (TPSA) is 32.3 Å². The molecule has 0 aliphatic carbocycles. The summed E-state index contributed by atoms with van der Waals surface area (Å²) in [4.78, 5) is 0. The molecule has 0 spiro atoms. The van der Waals surface area contributed by atoms with E-state index in [0.29, 0.717) is 18.0 Å². The van der Waals surface area contributed by atoms with E-state index in [1.807, 2.05) is 19.9 Å². The molecular formula is C12H17BrFNO. The summed E-state index contributed by atoms with van der Waals surface area (Å²) in [6.07, 6.45) is 0. The monoisotopic (exact) mass is 289 g/mol. The van der Waals surface area contributed by atoms with Crippen LogP contribution in [0, 0.1) is 11.7 Å². The van der Waals surface area contributed by atoms with E-state index in [4.69, 9.17) is 5.11 Å². The second-order valence-electron chi connectivity index (χ2n) is 4.15. The quantitative estimate of drug-likeness (QED) is 0.874. The summed E-state index contributed by atoms with van der Waals surface area (Å²) in [6, 6.07) is 4.99. The first kappa shape index (κ1) is 13.6. The van der Waals surface area contributed by atoms with E-state index in [9.17, 15) is 4.39 Å². The lowest BCUT2D eigenvalue weighted by Crippen LogP contribution is -2.36. The van der Waals surface area contributed by atoms with Gasteiger partial charge in [-0.2, -0.15) is 0 Å². The van der Waals surface area contributed by atoms with Crippen molar-refractivity contribution < 1.29 is 9.50 Å². The Bertz CT molecular complexity index is 344. The Balaban J connectivity index is 2.60. The number of aliphatic hydroxyl groups is 1. The zero-order valence-electron chi connectivity index (χ0n) is 9.50.